The van der Waals surface area contributed by atoms with Crippen molar-refractivity contribution in [2.45, 2.75) is 6.92 Å². The fourth-order valence-corrected chi connectivity index (χ4v) is 0.665. The topological polar surface area (TPSA) is 15.6 Å². The molecule has 1 aliphatic rings. The summed E-state index contributed by atoms with van der Waals surface area (Å²) in [5.74, 6) is 0. The first kappa shape index (κ1) is 5.35. The molecule has 0 unspecified atom stereocenters. The van der Waals surface area contributed by atoms with Crippen LogP contribution in [0.5, 0.6) is 0 Å². The summed E-state index contributed by atoms with van der Waals surface area (Å²) < 4.78 is 0. The standard InChI is InChI=1S/C6H9N2/c1-6-5-8(2)4-3-7-6/h5H,4H2,1-2H3. The molecule has 0 aromatic heterocycles. The molecule has 0 spiro atoms. The third kappa shape index (κ3) is 1.09. The lowest BCUT2D eigenvalue weighted by molar-refractivity contribution is 0.516. The maximum Gasteiger partial charge on any atom is 0.0833 e. The van der Waals surface area contributed by atoms with Crippen LogP contribution in [-0.2, 0) is 0 Å². The quantitative estimate of drug-likeness (QED) is 0.448. The number of allylic oxidation sites excluding steroid dienone is 1. The zero-order valence-electron chi connectivity index (χ0n) is 5.18. The van der Waals surface area contributed by atoms with Gasteiger partial charge in [-0.05, 0) is 6.92 Å². The lowest BCUT2D eigenvalue weighted by Gasteiger charge is -2.13. The normalized spacial score (nSPS) is 18.8. The van der Waals surface area contributed by atoms with Crippen LogP contribution in [-0.4, -0.2) is 24.7 Å². The molecule has 0 bridgehead atoms. The summed E-state index contributed by atoms with van der Waals surface area (Å²) in [7, 11) is 2.01. The summed E-state index contributed by atoms with van der Waals surface area (Å²) >= 11 is 0. The average Bonchev–Trinajstić information content (AvgIpc) is 1.64. The molecule has 0 N–H and O–H groups in total. The van der Waals surface area contributed by atoms with E-state index in [0.29, 0.717) is 0 Å². The number of rotatable bonds is 0. The molecule has 0 fully saturated rings. The van der Waals surface area contributed by atoms with Crippen molar-refractivity contribution >= 4 is 6.21 Å². The van der Waals surface area contributed by atoms with Crippen LogP contribution < -0.4 is 0 Å². The Kier molecular flexibility index (Phi) is 1.33. The average molecular weight is 109 g/mol. The zero-order valence-corrected chi connectivity index (χ0v) is 5.18. The van der Waals surface area contributed by atoms with E-state index < -0.39 is 0 Å². The molecule has 0 aromatic rings. The van der Waals surface area contributed by atoms with Gasteiger partial charge in [-0.3, -0.25) is 4.99 Å². The highest BCUT2D eigenvalue weighted by molar-refractivity contribution is 5.62. The number of hydrogen-bond acceptors (Lipinski definition) is 2. The van der Waals surface area contributed by atoms with Crippen molar-refractivity contribution in [3.05, 3.63) is 11.9 Å². The van der Waals surface area contributed by atoms with Crippen molar-refractivity contribution in [3.63, 3.8) is 0 Å². The SMILES string of the molecule is CC1=CN(C)C[C]=N1. The summed E-state index contributed by atoms with van der Waals surface area (Å²) in [5, 5.41) is 0. The highest BCUT2D eigenvalue weighted by atomic mass is 15.1. The predicted octanol–water partition coefficient (Wildman–Crippen LogP) is 0.741. The van der Waals surface area contributed by atoms with Gasteiger partial charge in [-0.2, -0.15) is 0 Å². The van der Waals surface area contributed by atoms with Crippen LogP contribution in [0.25, 0.3) is 0 Å². The number of nitrogens with zero attached hydrogens (tertiary/aromatic N) is 2. The lowest BCUT2D eigenvalue weighted by atomic mass is 10.4. The first-order chi connectivity index (χ1) is 3.79. The molecule has 2 nitrogen and oxygen atoms in total. The third-order valence-electron chi connectivity index (χ3n) is 0.983. The summed E-state index contributed by atoms with van der Waals surface area (Å²) in [6, 6.07) is 0. The van der Waals surface area contributed by atoms with Crippen LogP contribution in [0.4, 0.5) is 0 Å². The first-order valence-corrected chi connectivity index (χ1v) is 2.61. The smallest absolute Gasteiger partial charge is 0.0833 e. The minimum absolute atomic E-state index is 0.817. The second kappa shape index (κ2) is 1.99. The van der Waals surface area contributed by atoms with Crippen LogP contribution >= 0.6 is 0 Å². The second-order valence-electron chi connectivity index (χ2n) is 1.96. The van der Waals surface area contributed by atoms with Crippen molar-refractivity contribution < 1.29 is 0 Å². The Labute approximate surface area is 49.5 Å². The summed E-state index contributed by atoms with van der Waals surface area (Å²) in [4.78, 5) is 5.99. The molecular formula is C6H9N2. The van der Waals surface area contributed by atoms with Gasteiger partial charge in [0.25, 0.3) is 0 Å². The number of aliphatic imine (C=N–C) groups is 1. The maximum atomic E-state index is 3.95. The van der Waals surface area contributed by atoms with Crippen molar-refractivity contribution in [1.29, 1.82) is 0 Å². The largest absolute Gasteiger partial charge is 0.373 e. The molecular weight excluding hydrogens is 100 g/mol. The molecule has 0 atom stereocenters. The fraction of sp³-hybridized carbons (Fsp3) is 0.500. The summed E-state index contributed by atoms with van der Waals surface area (Å²) in [6.45, 7) is 2.78. The predicted molar refractivity (Wildman–Crippen MR) is 33.8 cm³/mol. The Hall–Kier alpha value is -0.790. The number of hydrogen-bond donors (Lipinski definition) is 0. The van der Waals surface area contributed by atoms with E-state index in [1.54, 1.807) is 0 Å². The van der Waals surface area contributed by atoms with Gasteiger partial charge in [-0.1, -0.05) is 0 Å². The van der Waals surface area contributed by atoms with Gasteiger partial charge in [-0.15, -0.1) is 0 Å². The second-order valence-corrected chi connectivity index (χ2v) is 1.96. The van der Waals surface area contributed by atoms with Crippen LogP contribution in [0, 0.1) is 0 Å². The molecule has 43 valence electrons. The molecule has 0 aliphatic carbocycles. The van der Waals surface area contributed by atoms with Crippen molar-refractivity contribution in [1.82, 2.24) is 4.90 Å². The molecule has 2 heteroatoms. The van der Waals surface area contributed by atoms with Gasteiger partial charge < -0.3 is 4.90 Å². The van der Waals surface area contributed by atoms with E-state index in [2.05, 4.69) is 11.2 Å². The van der Waals surface area contributed by atoms with Gasteiger partial charge in [0.1, 0.15) is 0 Å². The Morgan fingerprint density at radius 2 is 2.62 bits per heavy atom. The highest BCUT2D eigenvalue weighted by Gasteiger charge is 1.95. The van der Waals surface area contributed by atoms with Crippen molar-refractivity contribution in [2.75, 3.05) is 13.6 Å². The van der Waals surface area contributed by atoms with E-state index >= 15 is 0 Å². The first-order valence-electron chi connectivity index (χ1n) is 2.61. The van der Waals surface area contributed by atoms with E-state index in [-0.39, 0.29) is 0 Å². The molecule has 1 heterocycles. The maximum absolute atomic E-state index is 3.95. The van der Waals surface area contributed by atoms with Crippen LogP contribution in [0.2, 0.25) is 0 Å². The molecule has 8 heavy (non-hydrogen) atoms. The Morgan fingerprint density at radius 1 is 1.88 bits per heavy atom. The molecule has 0 saturated heterocycles. The fourth-order valence-electron chi connectivity index (χ4n) is 0.665. The van der Waals surface area contributed by atoms with Gasteiger partial charge in [0, 0.05) is 13.2 Å². The van der Waals surface area contributed by atoms with Gasteiger partial charge >= 0.3 is 0 Å². The van der Waals surface area contributed by atoms with Crippen LogP contribution in [0.3, 0.4) is 0 Å². The summed E-state index contributed by atoms with van der Waals surface area (Å²) in [6.07, 6.45) is 4.86. The highest BCUT2D eigenvalue weighted by Crippen LogP contribution is 1.99. The molecule has 1 rings (SSSR count). The lowest BCUT2D eigenvalue weighted by Crippen LogP contribution is -2.16. The van der Waals surface area contributed by atoms with Gasteiger partial charge in [0.05, 0.1) is 18.5 Å². The van der Waals surface area contributed by atoms with Gasteiger partial charge in [0.15, 0.2) is 0 Å². The van der Waals surface area contributed by atoms with E-state index in [0.717, 1.165) is 12.2 Å². The van der Waals surface area contributed by atoms with Crippen molar-refractivity contribution in [3.8, 4) is 0 Å². The Morgan fingerprint density at radius 3 is 3.00 bits per heavy atom. The van der Waals surface area contributed by atoms with E-state index in [1.807, 2.05) is 25.1 Å². The summed E-state index contributed by atoms with van der Waals surface area (Å²) in [5.41, 5.74) is 1.03. The Balaban J connectivity index is 2.63. The Bertz CT molecular complexity index is 135. The van der Waals surface area contributed by atoms with E-state index in [9.17, 15) is 0 Å². The van der Waals surface area contributed by atoms with Gasteiger partial charge in [-0.25, -0.2) is 0 Å². The molecule has 0 amide bonds. The molecule has 0 aromatic carbocycles. The third-order valence-corrected chi connectivity index (χ3v) is 0.983. The van der Waals surface area contributed by atoms with Crippen molar-refractivity contribution in [2.24, 2.45) is 4.99 Å². The minimum atomic E-state index is 0.817. The van der Waals surface area contributed by atoms with Crippen LogP contribution in [0.1, 0.15) is 6.92 Å². The molecule has 0 saturated carbocycles. The van der Waals surface area contributed by atoms with E-state index in [4.69, 9.17) is 0 Å². The minimum Gasteiger partial charge on any atom is -0.373 e. The zero-order chi connectivity index (χ0) is 5.98. The molecule has 1 radical (unpaired) electrons. The van der Waals surface area contributed by atoms with Gasteiger partial charge in [0.2, 0.25) is 0 Å². The van der Waals surface area contributed by atoms with E-state index in [1.165, 1.54) is 0 Å². The van der Waals surface area contributed by atoms with Crippen LogP contribution in [0.15, 0.2) is 16.9 Å². The molecule has 1 aliphatic heterocycles. The monoisotopic (exact) mass is 109 g/mol.